The number of aliphatic hydroxyl groups excluding tert-OH is 1. The maximum Gasteiger partial charge on any atom is 0.192 e. The van der Waals surface area contributed by atoms with Crippen LogP contribution in [0.15, 0.2) is 0 Å². The molecule has 0 bridgehead atoms. The number of hydrogen-bond acceptors (Lipinski definition) is 6. The van der Waals surface area contributed by atoms with Gasteiger partial charge < -0.3 is 28.5 Å². The lowest BCUT2D eigenvalue weighted by molar-refractivity contribution is -0.182. The van der Waals surface area contributed by atoms with E-state index in [0.29, 0.717) is 0 Å². The Morgan fingerprint density at radius 2 is 1.16 bits per heavy atom. The minimum absolute atomic E-state index is 0.0536. The van der Waals surface area contributed by atoms with Crippen molar-refractivity contribution in [2.45, 2.75) is 115 Å². The van der Waals surface area contributed by atoms with Crippen molar-refractivity contribution >= 4 is 8.32 Å². The van der Waals surface area contributed by atoms with E-state index in [4.69, 9.17) is 23.4 Å². The van der Waals surface area contributed by atoms with Crippen LogP contribution in [0.3, 0.4) is 0 Å². The second-order valence-electron chi connectivity index (χ2n) is 9.96. The Labute approximate surface area is 152 Å². The number of hydrogen-bond donors (Lipinski definition) is 1. The maximum atomic E-state index is 10.8. The molecule has 2 aliphatic heterocycles. The molecule has 6 nitrogen and oxygen atoms in total. The molecule has 7 heteroatoms. The van der Waals surface area contributed by atoms with Crippen LogP contribution < -0.4 is 0 Å². The Morgan fingerprint density at radius 1 is 0.800 bits per heavy atom. The molecule has 0 amide bonds. The first-order valence-corrected chi connectivity index (χ1v) is 12.1. The maximum absolute atomic E-state index is 10.8. The van der Waals surface area contributed by atoms with E-state index in [1.165, 1.54) is 0 Å². The van der Waals surface area contributed by atoms with E-state index in [2.05, 4.69) is 33.9 Å². The van der Waals surface area contributed by atoms with Gasteiger partial charge >= 0.3 is 0 Å². The number of rotatable bonds is 2. The van der Waals surface area contributed by atoms with Gasteiger partial charge in [0.15, 0.2) is 19.9 Å². The molecule has 0 aromatic rings. The molecule has 3 rings (SSSR count). The summed E-state index contributed by atoms with van der Waals surface area (Å²) >= 11 is 0. The Kier molecular flexibility index (Phi) is 4.53. The molecule has 2 heterocycles. The molecule has 0 spiro atoms. The Bertz CT molecular complexity index is 494. The van der Waals surface area contributed by atoms with E-state index in [-0.39, 0.29) is 23.4 Å². The molecule has 2 saturated heterocycles. The molecule has 4 unspecified atom stereocenters. The largest absolute Gasteiger partial charge is 0.408 e. The third kappa shape index (κ3) is 3.45. The van der Waals surface area contributed by atoms with Crippen LogP contribution in [0, 0.1) is 0 Å². The minimum Gasteiger partial charge on any atom is -0.408 e. The highest BCUT2D eigenvalue weighted by molar-refractivity contribution is 6.74. The van der Waals surface area contributed by atoms with Crippen LogP contribution in [0.5, 0.6) is 0 Å². The van der Waals surface area contributed by atoms with Gasteiger partial charge in [0, 0.05) is 0 Å². The number of aliphatic hydroxyl groups is 1. The van der Waals surface area contributed by atoms with E-state index in [9.17, 15) is 5.11 Å². The molecule has 0 radical (unpaired) electrons. The summed E-state index contributed by atoms with van der Waals surface area (Å²) in [6.07, 6.45) is -2.86. The first-order chi connectivity index (χ1) is 11.1. The predicted molar refractivity (Wildman–Crippen MR) is 95.7 cm³/mol. The van der Waals surface area contributed by atoms with Gasteiger partial charge in [-0.3, -0.25) is 0 Å². The Hall–Kier alpha value is -0.0231. The first-order valence-electron chi connectivity index (χ1n) is 9.21. The topological polar surface area (TPSA) is 66.4 Å². The molecular formula is C18H34O6Si. The smallest absolute Gasteiger partial charge is 0.192 e. The van der Waals surface area contributed by atoms with E-state index in [1.807, 2.05) is 27.7 Å². The zero-order valence-corrected chi connectivity index (χ0v) is 18.0. The molecule has 146 valence electrons. The molecule has 25 heavy (non-hydrogen) atoms. The van der Waals surface area contributed by atoms with Gasteiger partial charge in [-0.1, -0.05) is 20.8 Å². The van der Waals surface area contributed by atoms with Gasteiger partial charge in [-0.2, -0.15) is 0 Å². The fourth-order valence-electron chi connectivity index (χ4n) is 3.70. The molecule has 1 saturated carbocycles. The van der Waals surface area contributed by atoms with Gasteiger partial charge in [0.25, 0.3) is 0 Å². The second-order valence-corrected chi connectivity index (χ2v) is 14.7. The fraction of sp³-hybridized carbons (Fsp3) is 1.00. The van der Waals surface area contributed by atoms with Crippen molar-refractivity contribution in [3.05, 3.63) is 0 Å². The highest BCUT2D eigenvalue weighted by Crippen LogP contribution is 2.47. The van der Waals surface area contributed by atoms with Crippen molar-refractivity contribution in [3.63, 3.8) is 0 Å². The predicted octanol–water partition coefficient (Wildman–Crippen LogP) is 2.79. The summed E-state index contributed by atoms with van der Waals surface area (Å²) in [6.45, 7) is 18.5. The Morgan fingerprint density at radius 3 is 1.52 bits per heavy atom. The SMILES string of the molecule is CC1(C)OC2C(O)C3OC(C)(C)OC3C(O[Si](C)(C)C(C)(C)C)C2O1. The quantitative estimate of drug-likeness (QED) is 0.750. The summed E-state index contributed by atoms with van der Waals surface area (Å²) < 4.78 is 31.0. The van der Waals surface area contributed by atoms with Crippen molar-refractivity contribution in [2.75, 3.05) is 0 Å². The first kappa shape index (κ1) is 19.7. The molecule has 1 N–H and O–H groups in total. The third-order valence-electron chi connectivity index (χ3n) is 5.88. The lowest BCUT2D eigenvalue weighted by Crippen LogP contribution is -2.64. The average Bonchev–Trinajstić information content (AvgIpc) is 2.89. The molecule has 3 fully saturated rings. The molecule has 0 aromatic heterocycles. The van der Waals surface area contributed by atoms with Crippen LogP contribution >= 0.6 is 0 Å². The van der Waals surface area contributed by atoms with Crippen LogP contribution in [0.25, 0.3) is 0 Å². The summed E-state index contributed by atoms with van der Waals surface area (Å²) in [5.41, 5.74) is 0. The molecular weight excluding hydrogens is 340 g/mol. The Balaban J connectivity index is 1.95. The van der Waals surface area contributed by atoms with E-state index < -0.39 is 38.2 Å². The van der Waals surface area contributed by atoms with Gasteiger partial charge in [-0.05, 0) is 45.8 Å². The van der Waals surface area contributed by atoms with E-state index >= 15 is 0 Å². The van der Waals surface area contributed by atoms with Gasteiger partial charge in [0.2, 0.25) is 0 Å². The molecule has 0 aromatic carbocycles. The summed E-state index contributed by atoms with van der Waals surface area (Å²) in [7, 11) is -2.08. The third-order valence-corrected chi connectivity index (χ3v) is 10.4. The zero-order valence-electron chi connectivity index (χ0n) is 17.0. The monoisotopic (exact) mass is 374 g/mol. The van der Waals surface area contributed by atoms with Crippen molar-refractivity contribution in [1.82, 2.24) is 0 Å². The highest BCUT2D eigenvalue weighted by Gasteiger charge is 2.64. The molecule has 3 aliphatic rings. The van der Waals surface area contributed by atoms with Crippen molar-refractivity contribution < 1.29 is 28.5 Å². The lowest BCUT2D eigenvalue weighted by Gasteiger charge is -2.46. The standard InChI is InChI=1S/C18H34O6Si/c1-16(2,3)25(8,9)24-15-13-11(20-17(4,5)22-13)10(19)12-14(15)23-18(6,7)21-12/h10-15,19H,1-9H3. The van der Waals surface area contributed by atoms with Crippen molar-refractivity contribution in [1.29, 1.82) is 0 Å². The second kappa shape index (κ2) is 5.74. The number of fused-ring (bicyclic) bond motifs is 2. The zero-order chi connectivity index (χ0) is 19.0. The van der Waals surface area contributed by atoms with Crippen LogP contribution in [0.4, 0.5) is 0 Å². The van der Waals surface area contributed by atoms with Crippen molar-refractivity contribution in [3.8, 4) is 0 Å². The number of ether oxygens (including phenoxy) is 4. The van der Waals surface area contributed by atoms with Gasteiger partial charge in [0.05, 0.1) is 0 Å². The van der Waals surface area contributed by atoms with Crippen LogP contribution in [0.1, 0.15) is 48.5 Å². The summed E-state index contributed by atoms with van der Waals surface area (Å²) in [4.78, 5) is 0. The highest BCUT2D eigenvalue weighted by atomic mass is 28.4. The van der Waals surface area contributed by atoms with E-state index in [1.54, 1.807) is 0 Å². The van der Waals surface area contributed by atoms with Gasteiger partial charge in [0.1, 0.15) is 36.6 Å². The lowest BCUT2D eigenvalue weighted by atomic mass is 9.85. The van der Waals surface area contributed by atoms with Gasteiger partial charge in [-0.15, -0.1) is 0 Å². The van der Waals surface area contributed by atoms with E-state index in [0.717, 1.165) is 0 Å². The fourth-order valence-corrected chi connectivity index (χ4v) is 5.00. The average molecular weight is 375 g/mol. The van der Waals surface area contributed by atoms with Crippen molar-refractivity contribution in [2.24, 2.45) is 0 Å². The van der Waals surface area contributed by atoms with Crippen LogP contribution in [-0.4, -0.2) is 61.6 Å². The summed E-state index contributed by atoms with van der Waals surface area (Å²) in [6, 6.07) is 0. The normalized spacial score (nSPS) is 43.0. The molecule has 1 aliphatic carbocycles. The molecule has 4 atom stereocenters. The van der Waals surface area contributed by atoms with Crippen LogP contribution in [0.2, 0.25) is 18.1 Å². The van der Waals surface area contributed by atoms with Crippen LogP contribution in [-0.2, 0) is 23.4 Å². The summed E-state index contributed by atoms with van der Waals surface area (Å²) in [5, 5.41) is 10.9. The van der Waals surface area contributed by atoms with Gasteiger partial charge in [-0.25, -0.2) is 0 Å². The minimum atomic E-state index is -2.08. The summed E-state index contributed by atoms with van der Waals surface area (Å²) in [5.74, 6) is -1.53.